The zero-order chi connectivity index (χ0) is 25.1. The lowest BCUT2D eigenvalue weighted by Gasteiger charge is -2.34. The molecule has 0 bridgehead atoms. The van der Waals surface area contributed by atoms with Crippen LogP contribution in [0.3, 0.4) is 0 Å². The number of nitrogens with zero attached hydrogens (tertiary/aromatic N) is 2. The number of ether oxygens (including phenoxy) is 2. The van der Waals surface area contributed by atoms with E-state index in [2.05, 4.69) is 18.0 Å². The minimum Gasteiger partial charge on any atom is -0.493 e. The zero-order valence-corrected chi connectivity index (χ0v) is 20.7. The maximum atomic E-state index is 12.9. The number of hydrogen-bond donors (Lipinski definition) is 2. The van der Waals surface area contributed by atoms with Crippen molar-refractivity contribution in [1.82, 2.24) is 9.80 Å². The van der Waals surface area contributed by atoms with E-state index in [4.69, 9.17) is 9.47 Å². The third-order valence-corrected chi connectivity index (χ3v) is 7.15. The molecule has 1 aliphatic carbocycles. The van der Waals surface area contributed by atoms with E-state index < -0.39 is 0 Å². The summed E-state index contributed by atoms with van der Waals surface area (Å²) in [7, 11) is 5.35. The molecule has 0 fully saturated rings. The number of methoxy groups -OCH3 is 2. The van der Waals surface area contributed by atoms with Gasteiger partial charge in [-0.15, -0.1) is 0 Å². The summed E-state index contributed by atoms with van der Waals surface area (Å²) in [4.78, 5) is 29.3. The predicted octanol–water partition coefficient (Wildman–Crippen LogP) is 1.80. The fourth-order valence-electron chi connectivity index (χ4n) is 5.19. The van der Waals surface area contributed by atoms with E-state index >= 15 is 0 Å². The van der Waals surface area contributed by atoms with Crippen molar-refractivity contribution in [2.45, 2.75) is 44.8 Å². The van der Waals surface area contributed by atoms with E-state index in [1.165, 1.54) is 16.0 Å². The van der Waals surface area contributed by atoms with Crippen molar-refractivity contribution in [3.8, 4) is 11.5 Å². The van der Waals surface area contributed by atoms with E-state index in [1.54, 1.807) is 26.4 Å². The zero-order valence-electron chi connectivity index (χ0n) is 20.7. The van der Waals surface area contributed by atoms with E-state index in [0.717, 1.165) is 42.1 Å². The van der Waals surface area contributed by atoms with Gasteiger partial charge in [0.15, 0.2) is 11.5 Å². The van der Waals surface area contributed by atoms with Gasteiger partial charge in [-0.2, -0.15) is 0 Å². The average Bonchev–Trinajstić information content (AvgIpc) is 2.96. The normalized spacial score (nSPS) is 17.1. The number of aliphatic hydroxyl groups is 2. The largest absolute Gasteiger partial charge is 0.493 e. The number of carbonyl (C=O) groups is 2. The highest BCUT2D eigenvalue weighted by Crippen LogP contribution is 2.42. The molecule has 0 spiro atoms. The Hall–Kier alpha value is -2.94. The van der Waals surface area contributed by atoms with Gasteiger partial charge in [-0.25, -0.2) is 0 Å². The quantitative estimate of drug-likeness (QED) is 0.498. The molecule has 2 aromatic rings. The van der Waals surface area contributed by atoms with Crippen LogP contribution in [0.15, 0.2) is 24.3 Å². The second-order valence-corrected chi connectivity index (χ2v) is 9.42. The Labute approximate surface area is 206 Å². The highest BCUT2D eigenvalue weighted by Gasteiger charge is 2.30. The Morgan fingerprint density at radius 1 is 0.914 bits per heavy atom. The van der Waals surface area contributed by atoms with Gasteiger partial charge >= 0.3 is 0 Å². The first-order chi connectivity index (χ1) is 16.9. The lowest BCUT2D eigenvalue weighted by molar-refractivity contribution is -0.143. The van der Waals surface area contributed by atoms with Crippen molar-refractivity contribution in [1.29, 1.82) is 0 Å². The van der Waals surface area contributed by atoms with Crippen LogP contribution in [0.4, 0.5) is 0 Å². The highest BCUT2D eigenvalue weighted by molar-refractivity contribution is 5.99. The van der Waals surface area contributed by atoms with E-state index in [0.29, 0.717) is 30.0 Å². The number of hydrogen-bond acceptors (Lipinski definition) is 7. The molecule has 188 valence electrons. The van der Waals surface area contributed by atoms with Crippen molar-refractivity contribution in [3.05, 3.63) is 57.6 Å². The Morgan fingerprint density at radius 2 is 1.49 bits per heavy atom. The van der Waals surface area contributed by atoms with Crippen LogP contribution < -0.4 is 9.47 Å². The van der Waals surface area contributed by atoms with Gasteiger partial charge in [-0.05, 0) is 71.9 Å². The highest BCUT2D eigenvalue weighted by atomic mass is 16.5. The number of imide groups is 1. The van der Waals surface area contributed by atoms with Gasteiger partial charge in [0.1, 0.15) is 0 Å². The maximum absolute atomic E-state index is 12.9. The summed E-state index contributed by atoms with van der Waals surface area (Å²) >= 11 is 0. The monoisotopic (exact) mass is 482 g/mol. The molecule has 0 radical (unpaired) electrons. The van der Waals surface area contributed by atoms with Crippen LogP contribution in [0.1, 0.15) is 45.7 Å². The van der Waals surface area contributed by atoms with Gasteiger partial charge in [-0.3, -0.25) is 14.5 Å². The summed E-state index contributed by atoms with van der Waals surface area (Å²) in [5.41, 5.74) is 5.26. The number of benzene rings is 2. The number of carbonyl (C=O) groups excluding carboxylic acids is 2. The molecule has 4 rings (SSSR count). The molecular formula is C27H34N2O6. The summed E-state index contributed by atoms with van der Waals surface area (Å²) in [6.07, 6.45) is 1.94. The fourth-order valence-corrected chi connectivity index (χ4v) is 5.19. The first-order valence-electron chi connectivity index (χ1n) is 12.0. The Balaban J connectivity index is 1.32. The van der Waals surface area contributed by atoms with Gasteiger partial charge in [0.25, 0.3) is 0 Å². The Bertz CT molecular complexity index is 1070. The van der Waals surface area contributed by atoms with Crippen molar-refractivity contribution in [2.24, 2.45) is 0 Å². The van der Waals surface area contributed by atoms with Crippen molar-refractivity contribution in [3.63, 3.8) is 0 Å². The standard InChI is InChI=1S/C27H34N2O6/c1-28(14-20-9-19-10-24(34-2)25(35-3)13-23(19)20)5-4-6-29-26(32)11-17-7-21(15-30)22(16-31)8-18(17)12-27(29)33/h7-8,10,13,20,30-31H,4-6,9,11-12,14-16H2,1-3H3/t20-/m1/s1. The third-order valence-electron chi connectivity index (χ3n) is 7.15. The van der Waals surface area contributed by atoms with Crippen molar-refractivity contribution in [2.75, 3.05) is 40.9 Å². The summed E-state index contributed by atoms with van der Waals surface area (Å²) in [5.74, 6) is 1.49. The summed E-state index contributed by atoms with van der Waals surface area (Å²) in [6.45, 7) is 1.61. The molecule has 0 saturated carbocycles. The van der Waals surface area contributed by atoms with E-state index in [9.17, 15) is 19.8 Å². The van der Waals surface area contributed by atoms with Crippen LogP contribution in [0.25, 0.3) is 0 Å². The minimum absolute atomic E-state index is 0.125. The number of amides is 2. The van der Waals surface area contributed by atoms with Crippen LogP contribution in [-0.2, 0) is 42.1 Å². The van der Waals surface area contributed by atoms with Gasteiger partial charge in [0.2, 0.25) is 11.8 Å². The lowest BCUT2D eigenvalue weighted by atomic mass is 9.77. The van der Waals surface area contributed by atoms with E-state index in [-0.39, 0.29) is 37.9 Å². The summed E-state index contributed by atoms with van der Waals surface area (Å²) in [6, 6.07) is 7.59. The molecule has 35 heavy (non-hydrogen) atoms. The third kappa shape index (κ3) is 5.19. The first-order valence-corrected chi connectivity index (χ1v) is 12.0. The number of rotatable bonds is 10. The second-order valence-electron chi connectivity index (χ2n) is 9.42. The molecule has 0 unspecified atom stereocenters. The van der Waals surface area contributed by atoms with Crippen molar-refractivity contribution < 1.29 is 29.3 Å². The second kappa shape index (κ2) is 10.8. The molecule has 2 aromatic carbocycles. The Kier molecular flexibility index (Phi) is 7.74. The molecule has 2 N–H and O–H groups in total. The number of fused-ring (bicyclic) bond motifs is 2. The molecular weight excluding hydrogens is 448 g/mol. The predicted molar refractivity (Wildman–Crippen MR) is 131 cm³/mol. The molecule has 0 aromatic heterocycles. The summed E-state index contributed by atoms with van der Waals surface area (Å²) in [5, 5.41) is 19.1. The molecule has 2 amide bonds. The van der Waals surface area contributed by atoms with Crippen molar-refractivity contribution >= 4 is 11.8 Å². The van der Waals surface area contributed by atoms with Gasteiger partial charge < -0.3 is 24.6 Å². The number of aliphatic hydroxyl groups excluding tert-OH is 2. The van der Waals surface area contributed by atoms with Crippen LogP contribution in [-0.4, -0.2) is 72.7 Å². The van der Waals surface area contributed by atoms with Crippen LogP contribution in [0, 0.1) is 0 Å². The molecule has 0 saturated heterocycles. The maximum Gasteiger partial charge on any atom is 0.233 e. The first kappa shape index (κ1) is 25.2. The average molecular weight is 483 g/mol. The molecule has 8 heteroatoms. The van der Waals surface area contributed by atoms with Gasteiger partial charge in [0.05, 0.1) is 40.3 Å². The number of likely N-dealkylation sites (N-methyl/N-ethyl adjacent to an activating group) is 1. The molecule has 1 aliphatic heterocycles. The van der Waals surface area contributed by atoms with Crippen LogP contribution >= 0.6 is 0 Å². The SMILES string of the molecule is COc1cc2c(cc1OC)[C@@H](CN(C)CCCN1C(=O)Cc3cc(CO)c(CO)cc3CC1=O)C2. The molecule has 1 heterocycles. The fraction of sp³-hybridized carbons (Fsp3) is 0.481. The molecule has 1 atom stereocenters. The lowest BCUT2D eigenvalue weighted by Crippen LogP contribution is -2.39. The van der Waals surface area contributed by atoms with Crippen LogP contribution in [0.5, 0.6) is 11.5 Å². The van der Waals surface area contributed by atoms with Gasteiger partial charge in [0, 0.05) is 19.0 Å². The smallest absolute Gasteiger partial charge is 0.233 e. The minimum atomic E-state index is -0.217. The van der Waals surface area contributed by atoms with E-state index in [1.807, 2.05) is 6.07 Å². The molecule has 2 aliphatic rings. The van der Waals surface area contributed by atoms with Gasteiger partial charge in [-0.1, -0.05) is 12.1 Å². The summed E-state index contributed by atoms with van der Waals surface area (Å²) < 4.78 is 10.8. The molecule has 8 nitrogen and oxygen atoms in total. The Morgan fingerprint density at radius 3 is 2.03 bits per heavy atom. The van der Waals surface area contributed by atoms with Crippen LogP contribution in [0.2, 0.25) is 0 Å². The topological polar surface area (TPSA) is 99.5 Å².